The van der Waals surface area contributed by atoms with Gasteiger partial charge in [-0.3, -0.25) is 0 Å². The Bertz CT molecular complexity index is 878. The van der Waals surface area contributed by atoms with E-state index in [9.17, 15) is 5.11 Å². The van der Waals surface area contributed by atoms with Crippen molar-refractivity contribution in [1.82, 2.24) is 4.98 Å². The highest BCUT2D eigenvalue weighted by Gasteiger charge is 2.11. The summed E-state index contributed by atoms with van der Waals surface area (Å²) in [5.74, 6) is 2.13. The SMILES string of the molecule is CC(=CC(C)O)c1ccc(OCc2nc(-c3ccccc3)oc2C)cc1. The lowest BCUT2D eigenvalue weighted by Crippen LogP contribution is -1.98. The van der Waals surface area contributed by atoms with Gasteiger partial charge in [0.2, 0.25) is 5.89 Å². The summed E-state index contributed by atoms with van der Waals surface area (Å²) in [6.07, 6.45) is 1.36. The first kappa shape index (κ1) is 18.0. The van der Waals surface area contributed by atoms with Crippen LogP contribution in [-0.4, -0.2) is 16.2 Å². The third-order valence-corrected chi connectivity index (χ3v) is 4.09. The van der Waals surface area contributed by atoms with Crippen molar-refractivity contribution in [3.8, 4) is 17.2 Å². The predicted molar refractivity (Wildman–Crippen MR) is 103 cm³/mol. The van der Waals surface area contributed by atoms with Gasteiger partial charge in [-0.05, 0) is 56.2 Å². The van der Waals surface area contributed by atoms with Gasteiger partial charge in [0.15, 0.2) is 0 Å². The summed E-state index contributed by atoms with van der Waals surface area (Å²) >= 11 is 0. The fraction of sp³-hybridized carbons (Fsp3) is 0.227. The lowest BCUT2D eigenvalue weighted by Gasteiger charge is -2.07. The maximum absolute atomic E-state index is 9.44. The zero-order valence-electron chi connectivity index (χ0n) is 15.3. The number of oxazole rings is 1. The van der Waals surface area contributed by atoms with Crippen molar-refractivity contribution < 1.29 is 14.3 Å². The van der Waals surface area contributed by atoms with Crippen LogP contribution in [-0.2, 0) is 6.61 Å². The molecule has 0 bridgehead atoms. The molecule has 0 aliphatic carbocycles. The molecule has 0 fully saturated rings. The van der Waals surface area contributed by atoms with Crippen molar-refractivity contribution in [3.05, 3.63) is 77.7 Å². The molecule has 0 spiro atoms. The molecule has 0 amide bonds. The van der Waals surface area contributed by atoms with E-state index in [1.54, 1.807) is 6.92 Å². The van der Waals surface area contributed by atoms with E-state index in [-0.39, 0.29) is 0 Å². The molecule has 0 saturated heterocycles. The predicted octanol–water partition coefficient (Wildman–Crippen LogP) is 5.01. The first-order valence-electron chi connectivity index (χ1n) is 8.64. The fourth-order valence-corrected chi connectivity index (χ4v) is 2.69. The topological polar surface area (TPSA) is 55.5 Å². The molecular weight excluding hydrogens is 326 g/mol. The molecule has 1 heterocycles. The number of benzene rings is 2. The summed E-state index contributed by atoms with van der Waals surface area (Å²) in [4.78, 5) is 4.54. The van der Waals surface area contributed by atoms with Crippen LogP contribution in [0.15, 0.2) is 65.1 Å². The molecule has 0 radical (unpaired) electrons. The van der Waals surface area contributed by atoms with Gasteiger partial charge < -0.3 is 14.3 Å². The smallest absolute Gasteiger partial charge is 0.226 e. The molecule has 4 nitrogen and oxygen atoms in total. The fourth-order valence-electron chi connectivity index (χ4n) is 2.69. The number of rotatable bonds is 6. The van der Waals surface area contributed by atoms with Gasteiger partial charge in [0.05, 0.1) is 6.10 Å². The van der Waals surface area contributed by atoms with E-state index in [0.717, 1.165) is 33.9 Å². The Hall–Kier alpha value is -2.85. The Morgan fingerprint density at radius 3 is 2.50 bits per heavy atom. The Kier molecular flexibility index (Phi) is 5.54. The Morgan fingerprint density at radius 1 is 1.15 bits per heavy atom. The summed E-state index contributed by atoms with van der Waals surface area (Å²) < 4.78 is 11.6. The highest BCUT2D eigenvalue weighted by molar-refractivity contribution is 5.64. The quantitative estimate of drug-likeness (QED) is 0.679. The molecule has 1 aromatic heterocycles. The number of hydrogen-bond donors (Lipinski definition) is 1. The van der Waals surface area contributed by atoms with Crippen LogP contribution in [0.2, 0.25) is 0 Å². The summed E-state index contributed by atoms with van der Waals surface area (Å²) in [6, 6.07) is 17.6. The maximum atomic E-state index is 9.44. The molecule has 4 heteroatoms. The molecule has 2 aromatic carbocycles. The Morgan fingerprint density at radius 2 is 1.85 bits per heavy atom. The molecule has 1 N–H and O–H groups in total. The largest absolute Gasteiger partial charge is 0.487 e. The number of hydrogen-bond acceptors (Lipinski definition) is 4. The average Bonchev–Trinajstić information content (AvgIpc) is 3.01. The standard InChI is InChI=1S/C22H23NO3/c1-15(13-16(2)24)18-9-11-20(12-10-18)25-14-21-17(3)26-22(23-21)19-7-5-4-6-8-19/h4-13,16,24H,14H2,1-3H3. The van der Waals surface area contributed by atoms with Crippen molar-refractivity contribution in [1.29, 1.82) is 0 Å². The van der Waals surface area contributed by atoms with E-state index in [1.165, 1.54) is 0 Å². The van der Waals surface area contributed by atoms with Crippen LogP contribution < -0.4 is 4.74 Å². The summed E-state index contributed by atoms with van der Waals surface area (Å²) in [5.41, 5.74) is 3.83. The number of aryl methyl sites for hydroxylation is 1. The number of aromatic nitrogens is 1. The molecule has 1 atom stereocenters. The summed E-state index contributed by atoms with van der Waals surface area (Å²) in [5, 5.41) is 9.44. The average molecular weight is 349 g/mol. The van der Waals surface area contributed by atoms with Gasteiger partial charge in [-0.2, -0.15) is 0 Å². The van der Waals surface area contributed by atoms with Gasteiger partial charge in [0.1, 0.15) is 23.8 Å². The minimum absolute atomic E-state index is 0.351. The summed E-state index contributed by atoms with van der Waals surface area (Å²) in [6.45, 7) is 5.97. The van der Waals surface area contributed by atoms with Gasteiger partial charge in [-0.15, -0.1) is 0 Å². The zero-order valence-corrected chi connectivity index (χ0v) is 15.3. The van der Waals surface area contributed by atoms with Crippen LogP contribution in [0.5, 0.6) is 5.75 Å². The van der Waals surface area contributed by atoms with Gasteiger partial charge in [0.25, 0.3) is 0 Å². The van der Waals surface area contributed by atoms with Gasteiger partial charge in [-0.25, -0.2) is 4.98 Å². The molecule has 134 valence electrons. The van der Waals surface area contributed by atoms with Crippen LogP contribution in [0, 0.1) is 6.92 Å². The van der Waals surface area contributed by atoms with E-state index in [1.807, 2.05) is 74.5 Å². The monoisotopic (exact) mass is 349 g/mol. The molecular formula is C22H23NO3. The number of aliphatic hydroxyl groups excluding tert-OH is 1. The molecule has 3 aromatic rings. The van der Waals surface area contributed by atoms with Crippen molar-refractivity contribution in [2.45, 2.75) is 33.5 Å². The molecule has 0 aliphatic heterocycles. The van der Waals surface area contributed by atoms with Gasteiger partial charge >= 0.3 is 0 Å². The van der Waals surface area contributed by atoms with Crippen LogP contribution in [0.25, 0.3) is 17.0 Å². The van der Waals surface area contributed by atoms with Crippen molar-refractivity contribution in [3.63, 3.8) is 0 Å². The summed E-state index contributed by atoms with van der Waals surface area (Å²) in [7, 11) is 0. The normalized spacial score (nSPS) is 12.8. The third kappa shape index (κ3) is 4.41. The molecule has 0 saturated carbocycles. The lowest BCUT2D eigenvalue weighted by atomic mass is 10.1. The highest BCUT2D eigenvalue weighted by Crippen LogP contribution is 2.23. The van der Waals surface area contributed by atoms with E-state index in [2.05, 4.69) is 4.98 Å². The number of nitrogens with zero attached hydrogens (tertiary/aromatic N) is 1. The first-order valence-corrected chi connectivity index (χ1v) is 8.64. The molecule has 1 unspecified atom stereocenters. The lowest BCUT2D eigenvalue weighted by molar-refractivity contribution is 0.244. The molecule has 26 heavy (non-hydrogen) atoms. The van der Waals surface area contributed by atoms with Crippen LogP contribution >= 0.6 is 0 Å². The van der Waals surface area contributed by atoms with E-state index in [0.29, 0.717) is 12.5 Å². The Balaban J connectivity index is 1.67. The zero-order chi connectivity index (χ0) is 18.5. The van der Waals surface area contributed by atoms with Crippen molar-refractivity contribution in [2.24, 2.45) is 0 Å². The van der Waals surface area contributed by atoms with Crippen molar-refractivity contribution in [2.75, 3.05) is 0 Å². The van der Waals surface area contributed by atoms with E-state index in [4.69, 9.17) is 9.15 Å². The highest BCUT2D eigenvalue weighted by atomic mass is 16.5. The number of ether oxygens (including phenoxy) is 1. The third-order valence-electron chi connectivity index (χ3n) is 4.09. The van der Waals surface area contributed by atoms with Crippen molar-refractivity contribution >= 4 is 5.57 Å². The van der Waals surface area contributed by atoms with Gasteiger partial charge in [-0.1, -0.05) is 36.4 Å². The molecule has 0 aliphatic rings. The second-order valence-electron chi connectivity index (χ2n) is 6.29. The van der Waals surface area contributed by atoms with Crippen LogP contribution in [0.4, 0.5) is 0 Å². The van der Waals surface area contributed by atoms with Crippen LogP contribution in [0.3, 0.4) is 0 Å². The minimum atomic E-state index is -0.458. The number of allylic oxidation sites excluding steroid dienone is 1. The van der Waals surface area contributed by atoms with E-state index < -0.39 is 6.10 Å². The first-order chi connectivity index (χ1) is 12.5. The van der Waals surface area contributed by atoms with E-state index >= 15 is 0 Å². The maximum Gasteiger partial charge on any atom is 0.226 e. The Labute approximate surface area is 153 Å². The van der Waals surface area contributed by atoms with Gasteiger partial charge in [0, 0.05) is 5.56 Å². The van der Waals surface area contributed by atoms with Crippen LogP contribution in [0.1, 0.15) is 30.9 Å². The minimum Gasteiger partial charge on any atom is -0.487 e. The number of aliphatic hydroxyl groups is 1. The second kappa shape index (κ2) is 8.02. The second-order valence-corrected chi connectivity index (χ2v) is 6.29. The molecule has 3 rings (SSSR count).